The Morgan fingerprint density at radius 2 is 1.63 bits per heavy atom. The number of hydrogen-bond donors (Lipinski definition) is 2. The fourth-order valence-electron chi connectivity index (χ4n) is 9.05. The second-order valence-electron chi connectivity index (χ2n) is 13.8. The average Bonchev–Trinajstić information content (AvgIpc) is 2.96. The van der Waals surface area contributed by atoms with Gasteiger partial charge in [-0.05, 0) is 87.0 Å². The lowest BCUT2D eigenvalue weighted by Crippen LogP contribution is -2.63. The molecule has 11 heteroatoms. The van der Waals surface area contributed by atoms with E-state index in [0.29, 0.717) is 57.0 Å². The van der Waals surface area contributed by atoms with Crippen LogP contribution in [0.2, 0.25) is 0 Å². The topological polar surface area (TPSA) is 109 Å². The Labute approximate surface area is 254 Å². The molecule has 1 saturated heterocycles. The number of piperazine rings is 1. The Morgan fingerprint density at radius 1 is 0.907 bits per heavy atom. The van der Waals surface area contributed by atoms with Gasteiger partial charge in [0.1, 0.15) is 5.82 Å². The van der Waals surface area contributed by atoms with E-state index < -0.39 is 15.6 Å². The Balaban J connectivity index is 0.939. The number of rotatable bonds is 5. The Bertz CT molecular complexity index is 1470. The molecule has 5 atom stereocenters. The molecule has 7 aliphatic rings. The second-order valence-corrected chi connectivity index (χ2v) is 16.0. The molecule has 230 valence electrons. The number of hydrogen-bond acceptors (Lipinski definition) is 7. The first-order valence-corrected chi connectivity index (χ1v) is 17.6. The number of urea groups is 1. The zero-order valence-corrected chi connectivity index (χ0v) is 25.5. The number of anilines is 4. The van der Waals surface area contributed by atoms with Gasteiger partial charge in [-0.15, -0.1) is 0 Å². The molecule has 3 heterocycles. The summed E-state index contributed by atoms with van der Waals surface area (Å²) in [4.78, 5) is 24.8. The predicted molar refractivity (Wildman–Crippen MR) is 166 cm³/mol. The second kappa shape index (κ2) is 10.3. The lowest BCUT2D eigenvalue weighted by atomic mass is 9.52. The number of fused-ring (bicyclic) bond motifs is 1. The van der Waals surface area contributed by atoms with Gasteiger partial charge in [-0.2, -0.15) is 4.31 Å². The molecule has 1 aromatic carbocycles. The minimum Gasteiger partial charge on any atom is -0.390 e. The van der Waals surface area contributed by atoms with E-state index in [1.165, 1.54) is 0 Å². The van der Waals surface area contributed by atoms with Crippen LogP contribution in [0.3, 0.4) is 0 Å². The quantitative estimate of drug-likeness (QED) is 0.535. The predicted octanol–water partition coefficient (Wildman–Crippen LogP) is 3.69. The van der Waals surface area contributed by atoms with Crippen LogP contribution in [0.1, 0.15) is 51.4 Å². The summed E-state index contributed by atoms with van der Waals surface area (Å²) in [6.07, 6.45) is 9.28. The number of sulfonamides is 1. The number of aliphatic hydroxyl groups is 1. The Morgan fingerprint density at radius 3 is 2.26 bits per heavy atom. The molecule has 5 aliphatic carbocycles. The van der Waals surface area contributed by atoms with Crippen molar-refractivity contribution in [3.05, 3.63) is 42.6 Å². The lowest BCUT2D eigenvalue weighted by Gasteiger charge is -2.58. The van der Waals surface area contributed by atoms with E-state index in [2.05, 4.69) is 21.2 Å². The van der Waals surface area contributed by atoms with Gasteiger partial charge in [0.2, 0.25) is 10.0 Å². The van der Waals surface area contributed by atoms with Crippen LogP contribution in [0, 0.1) is 17.8 Å². The van der Waals surface area contributed by atoms with Crippen molar-refractivity contribution < 1.29 is 18.3 Å². The molecule has 6 fully saturated rings. The Hall–Kier alpha value is -2.89. The highest BCUT2D eigenvalue weighted by Crippen LogP contribution is 2.55. The molecule has 2 amide bonds. The van der Waals surface area contributed by atoms with Crippen LogP contribution < -0.4 is 20.0 Å². The van der Waals surface area contributed by atoms with Crippen molar-refractivity contribution in [2.24, 2.45) is 17.8 Å². The van der Waals surface area contributed by atoms with Crippen LogP contribution in [0.5, 0.6) is 0 Å². The summed E-state index contributed by atoms with van der Waals surface area (Å²) in [5.41, 5.74) is 2.32. The molecule has 0 spiro atoms. The maximum absolute atomic E-state index is 13.7. The van der Waals surface area contributed by atoms with Gasteiger partial charge in [-0.25, -0.2) is 18.2 Å². The van der Waals surface area contributed by atoms with Crippen LogP contribution in [-0.4, -0.2) is 85.0 Å². The van der Waals surface area contributed by atoms with Gasteiger partial charge in [0.15, 0.2) is 0 Å². The lowest BCUT2D eigenvalue weighted by molar-refractivity contribution is -0.136. The summed E-state index contributed by atoms with van der Waals surface area (Å²) < 4.78 is 27.3. The molecule has 3 unspecified atom stereocenters. The molecule has 4 bridgehead atoms. The Kier molecular flexibility index (Phi) is 6.65. The van der Waals surface area contributed by atoms with Gasteiger partial charge in [-0.3, -0.25) is 4.90 Å². The number of amides is 2. The minimum atomic E-state index is -3.17. The van der Waals surface area contributed by atoms with E-state index in [-0.39, 0.29) is 17.3 Å². The third-order valence-electron chi connectivity index (χ3n) is 11.2. The fraction of sp³-hybridized carbons (Fsp3) is 0.625. The number of nitrogens with one attached hydrogen (secondary N) is 1. The molecule has 5 saturated carbocycles. The molecular formula is C32H42N6O4S. The van der Waals surface area contributed by atoms with Crippen molar-refractivity contribution in [2.75, 3.05) is 54.0 Å². The maximum Gasteiger partial charge on any atom is 0.322 e. The smallest absolute Gasteiger partial charge is 0.322 e. The normalized spacial score (nSPS) is 32.4. The first-order valence-electron chi connectivity index (χ1n) is 16.1. The van der Waals surface area contributed by atoms with E-state index in [1.807, 2.05) is 41.4 Å². The van der Waals surface area contributed by atoms with Gasteiger partial charge in [-0.1, -0.05) is 18.6 Å². The molecule has 0 radical (unpaired) electrons. The van der Waals surface area contributed by atoms with Crippen molar-refractivity contribution in [1.29, 1.82) is 0 Å². The number of carbonyl (C=O) groups excluding carboxylic acids is 1. The molecule has 10 nitrogen and oxygen atoms in total. The number of para-hydroxylation sites is 2. The van der Waals surface area contributed by atoms with Crippen molar-refractivity contribution in [2.45, 2.75) is 68.3 Å². The highest BCUT2D eigenvalue weighted by atomic mass is 32.2. The maximum atomic E-state index is 13.7. The van der Waals surface area contributed by atoms with Crippen molar-refractivity contribution in [3.8, 4) is 0 Å². The SMILES string of the molecule is O=C(NC1[C@@H]2CC3C[C@H]1CC(O)(C3)C2)N1CCN(c2ccc(N3CCN(S(=O)(=O)C4CCC4)CC3)cn2)c2ccccc21. The first kappa shape index (κ1) is 27.6. The molecule has 2 aromatic rings. The van der Waals surface area contributed by atoms with E-state index in [0.717, 1.165) is 74.2 Å². The summed E-state index contributed by atoms with van der Waals surface area (Å²) in [5.74, 6) is 2.18. The third kappa shape index (κ3) is 4.78. The monoisotopic (exact) mass is 606 g/mol. The minimum absolute atomic E-state index is 0.0432. The van der Waals surface area contributed by atoms with Crippen LogP contribution in [0.4, 0.5) is 27.7 Å². The van der Waals surface area contributed by atoms with Gasteiger partial charge in [0.05, 0.1) is 34.1 Å². The molecule has 2 aliphatic heterocycles. The summed E-state index contributed by atoms with van der Waals surface area (Å²) in [7, 11) is -3.17. The first-order chi connectivity index (χ1) is 20.8. The third-order valence-corrected chi connectivity index (χ3v) is 13.6. The largest absolute Gasteiger partial charge is 0.390 e. The molecule has 2 N–H and O–H groups in total. The van der Waals surface area contributed by atoms with Crippen LogP contribution in [0.15, 0.2) is 42.6 Å². The van der Waals surface area contributed by atoms with Gasteiger partial charge in [0.25, 0.3) is 0 Å². The molecule has 1 aromatic heterocycles. The van der Waals surface area contributed by atoms with Gasteiger partial charge >= 0.3 is 6.03 Å². The van der Waals surface area contributed by atoms with E-state index in [4.69, 9.17) is 4.98 Å². The average molecular weight is 607 g/mol. The van der Waals surface area contributed by atoms with Gasteiger partial charge < -0.3 is 20.2 Å². The van der Waals surface area contributed by atoms with Crippen molar-refractivity contribution >= 4 is 38.9 Å². The van der Waals surface area contributed by atoms with E-state index in [1.54, 1.807) is 4.31 Å². The number of nitrogens with zero attached hydrogens (tertiary/aromatic N) is 5. The summed E-state index contributed by atoms with van der Waals surface area (Å²) >= 11 is 0. The summed E-state index contributed by atoms with van der Waals surface area (Å²) in [6, 6.07) is 12.2. The zero-order valence-electron chi connectivity index (χ0n) is 24.6. The molecule has 43 heavy (non-hydrogen) atoms. The highest BCUT2D eigenvalue weighted by Gasteiger charge is 2.55. The number of carbonyl (C=O) groups is 1. The number of pyridine rings is 1. The molecule has 9 rings (SSSR count). The number of benzene rings is 1. The fourth-order valence-corrected chi connectivity index (χ4v) is 11.1. The van der Waals surface area contributed by atoms with Crippen LogP contribution in [-0.2, 0) is 10.0 Å². The summed E-state index contributed by atoms with van der Waals surface area (Å²) in [6.45, 7) is 3.54. The van der Waals surface area contributed by atoms with Crippen molar-refractivity contribution in [3.63, 3.8) is 0 Å². The van der Waals surface area contributed by atoms with E-state index >= 15 is 0 Å². The zero-order chi connectivity index (χ0) is 29.3. The standard InChI is InChI=1S/C32H42N6O4S/c39-31(34-30-23-16-22-17-24(30)20-32(40,18-22)19-23)38-15-14-37(27-6-1-2-7-28(27)38)29-9-8-25(21-33-29)35-10-12-36(13-11-35)43(41,42)26-4-3-5-26/h1-2,6-9,21-24,26,30,40H,3-5,10-20H2,(H,34,39)/t22?,23-,24+,30?,32?. The van der Waals surface area contributed by atoms with Crippen molar-refractivity contribution in [1.82, 2.24) is 14.6 Å². The highest BCUT2D eigenvalue weighted by molar-refractivity contribution is 7.89. The summed E-state index contributed by atoms with van der Waals surface area (Å²) in [5, 5.41) is 14.2. The van der Waals surface area contributed by atoms with Gasteiger partial charge in [0, 0.05) is 45.3 Å². The number of aromatic nitrogens is 1. The van der Waals surface area contributed by atoms with Crippen LogP contribution in [0.25, 0.3) is 0 Å². The van der Waals surface area contributed by atoms with Crippen LogP contribution >= 0.6 is 0 Å². The van der Waals surface area contributed by atoms with E-state index in [9.17, 15) is 18.3 Å². The molecular weight excluding hydrogens is 564 g/mol.